The molecule has 0 spiro atoms. The smallest absolute Gasteiger partial charge is 0.177 e. The third-order valence-corrected chi connectivity index (χ3v) is 7.10. The molecule has 7 nitrogen and oxygen atoms in total. The lowest BCUT2D eigenvalue weighted by Crippen LogP contribution is -2.64. The van der Waals surface area contributed by atoms with Crippen LogP contribution in [0.4, 0.5) is 5.69 Å². The molecule has 2 aromatic rings. The Hall–Kier alpha value is -1.96. The zero-order chi connectivity index (χ0) is 23.4. The lowest BCUT2D eigenvalue weighted by atomic mass is 9.77. The number of nitrogens with zero attached hydrogens (tertiary/aromatic N) is 5. The molecular formula is C26H39N5O2. The normalized spacial score (nSPS) is 24.4. The van der Waals surface area contributed by atoms with E-state index in [-0.39, 0.29) is 11.7 Å². The Bertz CT molecular complexity index is 990. The number of ether oxygens (including phenoxy) is 2. The minimum Gasteiger partial charge on any atom is -0.370 e. The molecule has 4 heterocycles. The highest BCUT2D eigenvalue weighted by molar-refractivity contribution is 5.67. The number of hydrogen-bond acceptors (Lipinski definition) is 6. The lowest BCUT2D eigenvalue weighted by Gasteiger charge is -2.55. The van der Waals surface area contributed by atoms with Crippen LogP contribution in [-0.4, -0.2) is 72.1 Å². The molecule has 0 aliphatic carbocycles. The van der Waals surface area contributed by atoms with E-state index in [4.69, 9.17) is 9.47 Å². The van der Waals surface area contributed by atoms with Crippen molar-refractivity contribution in [3.63, 3.8) is 0 Å². The van der Waals surface area contributed by atoms with Crippen molar-refractivity contribution < 1.29 is 9.47 Å². The molecule has 5 rings (SSSR count). The number of rotatable bonds is 6. The fourth-order valence-corrected chi connectivity index (χ4v) is 5.60. The van der Waals surface area contributed by atoms with E-state index >= 15 is 0 Å². The Labute approximate surface area is 198 Å². The highest BCUT2D eigenvalue weighted by Gasteiger charge is 2.44. The van der Waals surface area contributed by atoms with Gasteiger partial charge in [-0.3, -0.25) is 0 Å². The van der Waals surface area contributed by atoms with Crippen LogP contribution in [0.5, 0.6) is 0 Å². The first-order chi connectivity index (χ1) is 15.5. The van der Waals surface area contributed by atoms with E-state index in [9.17, 15) is 0 Å². The molecule has 180 valence electrons. The minimum absolute atomic E-state index is 0.0720. The maximum atomic E-state index is 5.84. The van der Waals surface area contributed by atoms with Gasteiger partial charge in [0.15, 0.2) is 6.29 Å². The second-order valence-corrected chi connectivity index (χ2v) is 12.5. The van der Waals surface area contributed by atoms with E-state index in [0.29, 0.717) is 30.6 Å². The summed E-state index contributed by atoms with van der Waals surface area (Å²) < 4.78 is 13.5. The van der Waals surface area contributed by atoms with Gasteiger partial charge in [0.1, 0.15) is 5.69 Å². The molecule has 7 heteroatoms. The number of hydrogen-bond donors (Lipinski definition) is 0. The van der Waals surface area contributed by atoms with Crippen molar-refractivity contribution >= 4 is 5.69 Å². The molecule has 0 unspecified atom stereocenters. The van der Waals surface area contributed by atoms with Crippen LogP contribution < -0.4 is 4.90 Å². The average molecular weight is 454 g/mol. The average Bonchev–Trinajstić information content (AvgIpc) is 3.14. The van der Waals surface area contributed by atoms with Gasteiger partial charge < -0.3 is 19.3 Å². The van der Waals surface area contributed by atoms with Crippen LogP contribution in [0.25, 0.3) is 11.3 Å². The van der Waals surface area contributed by atoms with Crippen molar-refractivity contribution in [3.05, 3.63) is 30.0 Å². The van der Waals surface area contributed by atoms with Crippen LogP contribution in [0.3, 0.4) is 0 Å². The highest BCUT2D eigenvalue weighted by atomic mass is 16.7. The van der Waals surface area contributed by atoms with Crippen LogP contribution in [0.2, 0.25) is 0 Å². The van der Waals surface area contributed by atoms with Gasteiger partial charge in [-0.25, -0.2) is 4.68 Å². The predicted octanol–water partition coefficient (Wildman–Crippen LogP) is 3.82. The quantitative estimate of drug-likeness (QED) is 0.663. The highest BCUT2D eigenvalue weighted by Crippen LogP contribution is 2.39. The van der Waals surface area contributed by atoms with Crippen LogP contribution in [0, 0.1) is 23.2 Å². The lowest BCUT2D eigenvalue weighted by molar-refractivity contribution is -0.227. The Morgan fingerprint density at radius 3 is 2.30 bits per heavy atom. The maximum Gasteiger partial charge on any atom is 0.177 e. The van der Waals surface area contributed by atoms with Crippen molar-refractivity contribution in [2.45, 2.75) is 54.4 Å². The summed E-state index contributed by atoms with van der Waals surface area (Å²) in [6.07, 6.45) is 1.73. The number of benzene rings is 1. The van der Waals surface area contributed by atoms with Crippen LogP contribution in [0.1, 0.15) is 40.2 Å². The van der Waals surface area contributed by atoms with Gasteiger partial charge >= 0.3 is 0 Å². The van der Waals surface area contributed by atoms with Crippen LogP contribution >= 0.6 is 0 Å². The number of anilines is 1. The summed E-state index contributed by atoms with van der Waals surface area (Å²) in [5.41, 5.74) is 5.52. The molecule has 33 heavy (non-hydrogen) atoms. The van der Waals surface area contributed by atoms with Crippen molar-refractivity contribution in [2.24, 2.45) is 16.2 Å². The second kappa shape index (κ2) is 8.07. The number of aryl methyl sites for hydroxylation is 1. The first kappa shape index (κ1) is 22.8. The topological polar surface area (TPSA) is 55.7 Å². The summed E-state index contributed by atoms with van der Waals surface area (Å²) in [6, 6.07) is 6.70. The molecule has 0 atom stereocenters. The van der Waals surface area contributed by atoms with Gasteiger partial charge in [-0.15, -0.1) is 5.10 Å². The van der Waals surface area contributed by atoms with Gasteiger partial charge in [0.05, 0.1) is 26.0 Å². The van der Waals surface area contributed by atoms with Gasteiger partial charge in [0, 0.05) is 54.8 Å². The maximum absolute atomic E-state index is 5.84. The largest absolute Gasteiger partial charge is 0.370 e. The second-order valence-electron chi connectivity index (χ2n) is 12.5. The van der Waals surface area contributed by atoms with Gasteiger partial charge in [0.25, 0.3) is 0 Å². The molecule has 1 aromatic heterocycles. The molecule has 3 aliphatic rings. The standard InChI is InChI=1S/C26H39N5O2/c1-19-9-20(30-15-26(6,16-30)14-29-12-24(2,3)13-29)7-8-21(19)22-10-31(28-27-22)11-23-32-17-25(4,5)18-33-23/h7-10,23H,11-18H2,1-6H3. The summed E-state index contributed by atoms with van der Waals surface area (Å²) in [5.74, 6) is 0. The number of likely N-dealkylation sites (tertiary alicyclic amines) is 1. The predicted molar refractivity (Wildman–Crippen MR) is 130 cm³/mol. The molecule has 3 fully saturated rings. The molecule has 0 bridgehead atoms. The SMILES string of the molecule is Cc1cc(N2CC(C)(CN3CC(C)(C)C3)C2)ccc1-c1cn(CC2OCC(C)(C)CO2)nn1. The van der Waals surface area contributed by atoms with Crippen molar-refractivity contribution in [3.8, 4) is 11.3 Å². The first-order valence-corrected chi connectivity index (χ1v) is 12.2. The Morgan fingerprint density at radius 1 is 0.970 bits per heavy atom. The van der Waals surface area contributed by atoms with Gasteiger partial charge in [-0.1, -0.05) is 45.9 Å². The molecular weight excluding hydrogens is 414 g/mol. The molecule has 0 radical (unpaired) electrons. The van der Waals surface area contributed by atoms with Gasteiger partial charge in [-0.05, 0) is 30.0 Å². The zero-order valence-electron chi connectivity index (χ0n) is 21.1. The van der Waals surface area contributed by atoms with Crippen molar-refractivity contribution in [1.82, 2.24) is 19.9 Å². The Balaban J connectivity index is 1.17. The van der Waals surface area contributed by atoms with E-state index in [0.717, 1.165) is 24.3 Å². The molecule has 0 amide bonds. The fourth-order valence-electron chi connectivity index (χ4n) is 5.60. The summed E-state index contributed by atoms with van der Waals surface area (Å²) in [7, 11) is 0. The van der Waals surface area contributed by atoms with E-state index in [1.165, 1.54) is 30.9 Å². The molecule has 0 saturated carbocycles. The third kappa shape index (κ3) is 4.96. The Morgan fingerprint density at radius 2 is 1.67 bits per heavy atom. The van der Waals surface area contributed by atoms with Crippen LogP contribution in [-0.2, 0) is 16.0 Å². The summed E-state index contributed by atoms with van der Waals surface area (Å²) in [6.45, 7) is 21.5. The zero-order valence-corrected chi connectivity index (χ0v) is 21.1. The Kier molecular flexibility index (Phi) is 5.58. The summed E-state index contributed by atoms with van der Waals surface area (Å²) in [4.78, 5) is 5.11. The third-order valence-electron chi connectivity index (χ3n) is 7.10. The van der Waals surface area contributed by atoms with Crippen molar-refractivity contribution in [1.29, 1.82) is 0 Å². The van der Waals surface area contributed by atoms with E-state index in [2.05, 4.69) is 79.9 Å². The first-order valence-electron chi connectivity index (χ1n) is 12.2. The van der Waals surface area contributed by atoms with Gasteiger partial charge in [-0.2, -0.15) is 0 Å². The molecule has 0 N–H and O–H groups in total. The fraction of sp³-hybridized carbons (Fsp3) is 0.692. The molecule has 3 aliphatic heterocycles. The van der Waals surface area contributed by atoms with Crippen molar-refractivity contribution in [2.75, 3.05) is 50.8 Å². The summed E-state index contributed by atoms with van der Waals surface area (Å²) in [5, 5.41) is 8.73. The summed E-state index contributed by atoms with van der Waals surface area (Å²) >= 11 is 0. The molecule has 1 aromatic carbocycles. The van der Waals surface area contributed by atoms with E-state index < -0.39 is 0 Å². The number of aromatic nitrogens is 3. The van der Waals surface area contributed by atoms with Crippen LogP contribution in [0.15, 0.2) is 24.4 Å². The molecule has 3 saturated heterocycles. The monoisotopic (exact) mass is 453 g/mol. The van der Waals surface area contributed by atoms with Gasteiger partial charge in [0.2, 0.25) is 0 Å². The minimum atomic E-state index is -0.265. The van der Waals surface area contributed by atoms with E-state index in [1.807, 2.05) is 10.9 Å². The van der Waals surface area contributed by atoms with E-state index in [1.54, 1.807) is 0 Å².